The molecule has 28 heavy (non-hydrogen) atoms. The molecule has 2 aromatic rings. The van der Waals surface area contributed by atoms with Crippen molar-refractivity contribution in [1.29, 1.82) is 0 Å². The molecule has 2 heterocycles. The van der Waals surface area contributed by atoms with Crippen molar-refractivity contribution >= 4 is 17.7 Å². The number of aromatic nitrogens is 1. The molecular formula is C20H21NO7. The molecule has 3 rings (SSSR count). The van der Waals surface area contributed by atoms with Crippen LogP contribution in [0.1, 0.15) is 49.4 Å². The van der Waals surface area contributed by atoms with Crippen LogP contribution in [-0.2, 0) is 9.47 Å². The molecule has 1 aliphatic heterocycles. The van der Waals surface area contributed by atoms with Gasteiger partial charge in [-0.15, -0.1) is 0 Å². The van der Waals surface area contributed by atoms with E-state index in [0.717, 1.165) is 0 Å². The molecule has 0 amide bonds. The van der Waals surface area contributed by atoms with E-state index in [2.05, 4.69) is 4.98 Å². The molecule has 8 heteroatoms. The van der Waals surface area contributed by atoms with E-state index < -0.39 is 24.3 Å². The summed E-state index contributed by atoms with van der Waals surface area (Å²) in [5.41, 5.74) is 1.78. The molecule has 1 N–H and O–H groups in total. The van der Waals surface area contributed by atoms with Gasteiger partial charge in [0.2, 0.25) is 5.78 Å². The zero-order valence-corrected chi connectivity index (χ0v) is 15.9. The Morgan fingerprint density at radius 3 is 2.46 bits per heavy atom. The van der Waals surface area contributed by atoms with Gasteiger partial charge in [0, 0.05) is 11.3 Å². The third-order valence-electron chi connectivity index (χ3n) is 4.31. The third-order valence-corrected chi connectivity index (χ3v) is 4.31. The average Bonchev–Trinajstić information content (AvgIpc) is 3.00. The van der Waals surface area contributed by atoms with Crippen LogP contribution in [-0.4, -0.2) is 49.1 Å². The van der Waals surface area contributed by atoms with Gasteiger partial charge >= 0.3 is 11.9 Å². The van der Waals surface area contributed by atoms with Gasteiger partial charge in [-0.3, -0.25) is 4.79 Å². The second-order valence-electron chi connectivity index (χ2n) is 6.20. The minimum Gasteiger partial charge on any atom is -0.486 e. The van der Waals surface area contributed by atoms with E-state index in [-0.39, 0.29) is 17.9 Å². The van der Waals surface area contributed by atoms with Crippen LogP contribution < -0.4 is 9.47 Å². The summed E-state index contributed by atoms with van der Waals surface area (Å²) in [5.74, 6) is -0.572. The first-order valence-electron chi connectivity index (χ1n) is 8.88. The lowest BCUT2D eigenvalue weighted by molar-refractivity contribution is 0.0472. The number of Topliss-reactive ketones (excluding diaryl/α,β-unsaturated/α-hetero) is 1. The number of ketones is 1. The molecular weight excluding hydrogens is 366 g/mol. The number of H-pyrrole nitrogens is 1. The van der Waals surface area contributed by atoms with Crippen molar-refractivity contribution in [3.63, 3.8) is 0 Å². The van der Waals surface area contributed by atoms with Gasteiger partial charge in [-0.05, 0) is 44.5 Å². The van der Waals surface area contributed by atoms with Crippen LogP contribution >= 0.6 is 0 Å². The highest BCUT2D eigenvalue weighted by molar-refractivity contribution is 6.04. The zero-order valence-electron chi connectivity index (χ0n) is 15.9. The number of ether oxygens (including phenoxy) is 4. The van der Waals surface area contributed by atoms with E-state index in [1.807, 2.05) is 0 Å². The summed E-state index contributed by atoms with van der Waals surface area (Å²) in [6.07, 6.45) is 0. The fraction of sp³-hybridized carbons (Fsp3) is 0.350. The highest BCUT2D eigenvalue weighted by atomic mass is 16.6. The SMILES string of the molecule is CCOC(=O)c1[nH]c(C)c(C(=O)COC(=O)c2ccc3c(c2)OCCO3)c1C. The first kappa shape index (κ1) is 19.5. The largest absolute Gasteiger partial charge is 0.486 e. The monoisotopic (exact) mass is 387 g/mol. The van der Waals surface area contributed by atoms with Crippen LogP contribution in [0, 0.1) is 13.8 Å². The number of rotatable bonds is 6. The van der Waals surface area contributed by atoms with E-state index in [0.29, 0.717) is 41.5 Å². The second kappa shape index (κ2) is 8.16. The van der Waals surface area contributed by atoms with Gasteiger partial charge in [0.1, 0.15) is 18.9 Å². The van der Waals surface area contributed by atoms with E-state index in [1.54, 1.807) is 32.9 Å². The van der Waals surface area contributed by atoms with Gasteiger partial charge in [0.25, 0.3) is 0 Å². The molecule has 1 aliphatic rings. The molecule has 0 saturated heterocycles. The topological polar surface area (TPSA) is 104 Å². The lowest BCUT2D eigenvalue weighted by atomic mass is 10.1. The lowest BCUT2D eigenvalue weighted by Gasteiger charge is -2.18. The van der Waals surface area contributed by atoms with Crippen LogP contribution in [0.15, 0.2) is 18.2 Å². The smallest absolute Gasteiger partial charge is 0.355 e. The first-order valence-corrected chi connectivity index (χ1v) is 8.88. The maximum atomic E-state index is 12.6. The quantitative estimate of drug-likeness (QED) is 0.600. The van der Waals surface area contributed by atoms with Crippen LogP contribution in [0.4, 0.5) is 0 Å². The van der Waals surface area contributed by atoms with Crippen molar-refractivity contribution in [2.45, 2.75) is 20.8 Å². The fourth-order valence-electron chi connectivity index (χ4n) is 3.03. The summed E-state index contributed by atoms with van der Waals surface area (Å²) < 4.78 is 21.0. The molecule has 0 fully saturated rings. The number of nitrogens with one attached hydrogen (secondary N) is 1. The fourth-order valence-corrected chi connectivity index (χ4v) is 3.03. The van der Waals surface area contributed by atoms with E-state index >= 15 is 0 Å². The lowest BCUT2D eigenvalue weighted by Crippen LogP contribution is -2.17. The van der Waals surface area contributed by atoms with Gasteiger partial charge in [0.15, 0.2) is 18.1 Å². The Balaban J connectivity index is 1.69. The van der Waals surface area contributed by atoms with Crippen LogP contribution in [0.5, 0.6) is 11.5 Å². The standard InChI is InChI=1S/C20H21NO7/c1-4-25-20(24)18-11(2)17(12(3)21-18)14(22)10-28-19(23)13-5-6-15-16(9-13)27-8-7-26-15/h5-6,9,21H,4,7-8,10H2,1-3H3. The molecule has 148 valence electrons. The number of aromatic amines is 1. The Bertz CT molecular complexity index is 929. The summed E-state index contributed by atoms with van der Waals surface area (Å²) in [7, 11) is 0. The molecule has 0 aliphatic carbocycles. The molecule has 8 nitrogen and oxygen atoms in total. The van der Waals surface area contributed by atoms with Gasteiger partial charge in [-0.25, -0.2) is 9.59 Å². The van der Waals surface area contributed by atoms with Crippen molar-refractivity contribution in [2.24, 2.45) is 0 Å². The Morgan fingerprint density at radius 1 is 1.04 bits per heavy atom. The Kier molecular flexibility index (Phi) is 5.67. The van der Waals surface area contributed by atoms with Crippen molar-refractivity contribution in [2.75, 3.05) is 26.4 Å². The highest BCUT2D eigenvalue weighted by Crippen LogP contribution is 2.31. The van der Waals surface area contributed by atoms with E-state index in [9.17, 15) is 14.4 Å². The summed E-state index contributed by atoms with van der Waals surface area (Å²) >= 11 is 0. The van der Waals surface area contributed by atoms with Crippen molar-refractivity contribution in [3.05, 3.63) is 46.3 Å². The minimum absolute atomic E-state index is 0.223. The second-order valence-corrected chi connectivity index (χ2v) is 6.20. The minimum atomic E-state index is -0.651. The summed E-state index contributed by atoms with van der Waals surface area (Å²) in [6, 6.07) is 4.69. The molecule has 1 aromatic carbocycles. The Morgan fingerprint density at radius 2 is 1.75 bits per heavy atom. The number of carbonyl (C=O) groups is 3. The average molecular weight is 387 g/mol. The number of fused-ring (bicyclic) bond motifs is 1. The highest BCUT2D eigenvalue weighted by Gasteiger charge is 2.24. The number of hydrogen-bond donors (Lipinski definition) is 1. The van der Waals surface area contributed by atoms with Crippen LogP contribution in [0.2, 0.25) is 0 Å². The zero-order chi connectivity index (χ0) is 20.3. The Hall–Kier alpha value is -3.29. The predicted octanol–water partition coefficient (Wildman–Crippen LogP) is 2.62. The third kappa shape index (κ3) is 3.85. The molecule has 0 atom stereocenters. The van der Waals surface area contributed by atoms with E-state index in [4.69, 9.17) is 18.9 Å². The summed E-state index contributed by atoms with van der Waals surface area (Å²) in [5, 5.41) is 0. The molecule has 0 radical (unpaired) electrons. The van der Waals surface area contributed by atoms with Crippen LogP contribution in [0.25, 0.3) is 0 Å². The Labute approximate surface area is 161 Å². The molecule has 0 saturated carbocycles. The van der Waals surface area contributed by atoms with Gasteiger partial charge in [-0.2, -0.15) is 0 Å². The molecule has 0 bridgehead atoms. The van der Waals surface area contributed by atoms with Crippen molar-refractivity contribution < 1.29 is 33.3 Å². The summed E-state index contributed by atoms with van der Waals surface area (Å²) in [6.45, 7) is 5.65. The normalized spacial score (nSPS) is 12.4. The van der Waals surface area contributed by atoms with Gasteiger partial charge in [-0.1, -0.05) is 0 Å². The predicted molar refractivity (Wildman–Crippen MR) is 98.3 cm³/mol. The van der Waals surface area contributed by atoms with Gasteiger partial charge < -0.3 is 23.9 Å². The number of carbonyl (C=O) groups excluding carboxylic acids is 3. The maximum Gasteiger partial charge on any atom is 0.355 e. The summed E-state index contributed by atoms with van der Waals surface area (Å²) in [4.78, 5) is 39.7. The first-order chi connectivity index (χ1) is 13.4. The number of esters is 2. The van der Waals surface area contributed by atoms with E-state index in [1.165, 1.54) is 6.07 Å². The van der Waals surface area contributed by atoms with Crippen molar-refractivity contribution in [1.82, 2.24) is 4.98 Å². The molecule has 1 aromatic heterocycles. The maximum absolute atomic E-state index is 12.6. The molecule has 0 unspecified atom stereocenters. The number of benzene rings is 1. The number of aryl methyl sites for hydroxylation is 1. The number of hydrogen-bond acceptors (Lipinski definition) is 7. The van der Waals surface area contributed by atoms with Crippen molar-refractivity contribution in [3.8, 4) is 11.5 Å². The van der Waals surface area contributed by atoms with Crippen LogP contribution in [0.3, 0.4) is 0 Å². The van der Waals surface area contributed by atoms with Gasteiger partial charge in [0.05, 0.1) is 12.2 Å². The molecule has 0 spiro atoms.